The molecule has 120 valence electrons. The van der Waals surface area contributed by atoms with Gasteiger partial charge in [0.15, 0.2) is 0 Å². The van der Waals surface area contributed by atoms with Crippen LogP contribution in [0, 0.1) is 0 Å². The number of hydrogen-bond donors (Lipinski definition) is 2. The second-order valence-electron chi connectivity index (χ2n) is 4.94. The fourth-order valence-electron chi connectivity index (χ4n) is 2.08. The summed E-state index contributed by atoms with van der Waals surface area (Å²) >= 11 is 3.45. The van der Waals surface area contributed by atoms with Gasteiger partial charge in [0.25, 0.3) is 0 Å². The van der Waals surface area contributed by atoms with Crippen molar-refractivity contribution in [3.05, 3.63) is 76.4 Å². The summed E-state index contributed by atoms with van der Waals surface area (Å²) in [5.41, 5.74) is 2.00. The summed E-state index contributed by atoms with van der Waals surface area (Å²) in [6, 6.07) is 17.2. The topological polar surface area (TPSA) is 52.6 Å². The first-order chi connectivity index (χ1) is 11.2. The number of benzene rings is 2. The van der Waals surface area contributed by atoms with Gasteiger partial charge in [-0.1, -0.05) is 64.5 Å². The van der Waals surface area contributed by atoms with Gasteiger partial charge in [-0.05, 0) is 23.3 Å². The molecule has 2 amide bonds. The third-order valence-electron chi connectivity index (χ3n) is 3.25. The second-order valence-corrected chi connectivity index (χ2v) is 5.79. The predicted molar refractivity (Wildman–Crippen MR) is 95.6 cm³/mol. The molecule has 0 heterocycles. The molecule has 0 aliphatic carbocycles. The number of nitrogens with one attached hydrogen (secondary N) is 1. The first kappa shape index (κ1) is 17.2. The fraction of sp³-hybridized carbons (Fsp3) is 0.167. The molecule has 0 fully saturated rings. The molecule has 2 aromatic rings. The van der Waals surface area contributed by atoms with E-state index < -0.39 is 0 Å². The van der Waals surface area contributed by atoms with Crippen LogP contribution in [0.4, 0.5) is 4.79 Å². The summed E-state index contributed by atoms with van der Waals surface area (Å²) in [5, 5.41) is 11.9. The molecule has 0 saturated carbocycles. The highest BCUT2D eigenvalue weighted by Gasteiger charge is 2.11. The third-order valence-corrected chi connectivity index (χ3v) is 3.97. The Morgan fingerprint density at radius 2 is 1.83 bits per heavy atom. The lowest BCUT2D eigenvalue weighted by Gasteiger charge is -2.21. The van der Waals surface area contributed by atoms with E-state index in [1.807, 2.05) is 60.7 Å². The molecule has 0 saturated heterocycles. The second kappa shape index (κ2) is 9.12. The van der Waals surface area contributed by atoms with Gasteiger partial charge < -0.3 is 15.3 Å². The first-order valence-electron chi connectivity index (χ1n) is 7.32. The minimum absolute atomic E-state index is 0.0752. The van der Waals surface area contributed by atoms with Gasteiger partial charge in [0.1, 0.15) is 0 Å². The van der Waals surface area contributed by atoms with Crippen molar-refractivity contribution in [2.24, 2.45) is 0 Å². The third kappa shape index (κ3) is 5.54. The van der Waals surface area contributed by atoms with Gasteiger partial charge in [-0.15, -0.1) is 0 Å². The van der Waals surface area contributed by atoms with E-state index in [-0.39, 0.29) is 19.2 Å². The van der Waals surface area contributed by atoms with Gasteiger partial charge in [0, 0.05) is 23.8 Å². The van der Waals surface area contributed by atoms with Gasteiger partial charge in [0.05, 0.1) is 6.61 Å². The average molecular weight is 375 g/mol. The molecule has 0 unspecified atom stereocenters. The van der Waals surface area contributed by atoms with E-state index in [1.54, 1.807) is 11.1 Å². The Hall–Kier alpha value is -2.11. The Labute approximate surface area is 144 Å². The summed E-state index contributed by atoms with van der Waals surface area (Å²) in [6.45, 7) is 0.661. The number of carbonyl (C=O) groups is 1. The SMILES string of the molecule is O=C(N/C=C/c1ccccc1Br)N(CCO)Cc1ccccc1. The Morgan fingerprint density at radius 3 is 2.52 bits per heavy atom. The summed E-state index contributed by atoms with van der Waals surface area (Å²) < 4.78 is 0.960. The fourth-order valence-corrected chi connectivity index (χ4v) is 2.50. The quantitative estimate of drug-likeness (QED) is 0.810. The van der Waals surface area contributed by atoms with E-state index in [9.17, 15) is 4.79 Å². The molecular weight excluding hydrogens is 356 g/mol. The van der Waals surface area contributed by atoms with Crippen LogP contribution in [0.1, 0.15) is 11.1 Å². The Kier molecular flexibility index (Phi) is 6.84. The molecule has 2 aromatic carbocycles. The van der Waals surface area contributed by atoms with Crippen LogP contribution in [0.15, 0.2) is 65.3 Å². The van der Waals surface area contributed by atoms with Gasteiger partial charge in [-0.25, -0.2) is 4.79 Å². The van der Waals surface area contributed by atoms with Gasteiger partial charge in [-0.3, -0.25) is 0 Å². The molecule has 0 atom stereocenters. The lowest BCUT2D eigenvalue weighted by atomic mass is 10.2. The van der Waals surface area contributed by atoms with Crippen LogP contribution in [0.3, 0.4) is 0 Å². The number of amides is 2. The predicted octanol–water partition coefficient (Wildman–Crippen LogP) is 3.62. The molecule has 0 aromatic heterocycles. The van der Waals surface area contributed by atoms with Gasteiger partial charge >= 0.3 is 6.03 Å². The average Bonchev–Trinajstić information content (AvgIpc) is 2.57. The lowest BCUT2D eigenvalue weighted by molar-refractivity contribution is 0.177. The van der Waals surface area contributed by atoms with Crippen LogP contribution in [-0.2, 0) is 6.54 Å². The summed E-state index contributed by atoms with van der Waals surface area (Å²) in [4.78, 5) is 13.8. The summed E-state index contributed by atoms with van der Waals surface area (Å²) in [6.07, 6.45) is 3.43. The minimum Gasteiger partial charge on any atom is -0.395 e. The maximum Gasteiger partial charge on any atom is 0.321 e. The number of aliphatic hydroxyl groups is 1. The smallest absolute Gasteiger partial charge is 0.321 e. The van der Waals surface area contributed by atoms with Crippen molar-refractivity contribution < 1.29 is 9.90 Å². The summed E-state index contributed by atoms with van der Waals surface area (Å²) in [5.74, 6) is 0. The largest absolute Gasteiger partial charge is 0.395 e. The van der Waals surface area contributed by atoms with Crippen molar-refractivity contribution in [3.8, 4) is 0 Å². The molecule has 0 spiro atoms. The van der Waals surface area contributed by atoms with E-state index >= 15 is 0 Å². The number of hydrogen-bond acceptors (Lipinski definition) is 2. The van der Waals surface area contributed by atoms with E-state index in [0.717, 1.165) is 15.6 Å². The zero-order valence-electron chi connectivity index (χ0n) is 12.7. The Bertz CT molecular complexity index is 659. The molecule has 0 aliphatic heterocycles. The van der Waals surface area contributed by atoms with E-state index in [4.69, 9.17) is 5.11 Å². The summed E-state index contributed by atoms with van der Waals surface area (Å²) in [7, 11) is 0. The molecule has 5 heteroatoms. The standard InChI is InChI=1S/C18H19BrN2O2/c19-17-9-5-4-8-16(17)10-11-20-18(23)21(12-13-22)14-15-6-2-1-3-7-15/h1-11,22H,12-14H2,(H,20,23)/b11-10+. The molecule has 23 heavy (non-hydrogen) atoms. The van der Waals surface area contributed by atoms with Crippen molar-refractivity contribution in [1.82, 2.24) is 10.2 Å². The maximum atomic E-state index is 12.3. The maximum absolute atomic E-state index is 12.3. The molecule has 2 N–H and O–H groups in total. The number of rotatable bonds is 6. The zero-order valence-corrected chi connectivity index (χ0v) is 14.2. The monoisotopic (exact) mass is 374 g/mol. The first-order valence-corrected chi connectivity index (χ1v) is 8.11. The normalized spacial score (nSPS) is 10.7. The Balaban J connectivity index is 1.97. The highest BCUT2D eigenvalue weighted by molar-refractivity contribution is 9.10. The highest BCUT2D eigenvalue weighted by Crippen LogP contribution is 2.16. The number of aliphatic hydroxyl groups excluding tert-OH is 1. The van der Waals surface area contributed by atoms with Gasteiger partial charge in [-0.2, -0.15) is 0 Å². The van der Waals surface area contributed by atoms with Crippen molar-refractivity contribution >= 4 is 28.0 Å². The molecule has 0 aliphatic rings. The molecule has 2 rings (SSSR count). The molecular formula is C18H19BrN2O2. The number of nitrogens with zero attached hydrogens (tertiary/aromatic N) is 1. The molecule has 0 radical (unpaired) electrons. The number of halogens is 1. The van der Waals surface area contributed by atoms with Crippen LogP contribution in [-0.4, -0.2) is 29.2 Å². The van der Waals surface area contributed by atoms with Crippen LogP contribution in [0.5, 0.6) is 0 Å². The minimum atomic E-state index is -0.244. The zero-order chi connectivity index (χ0) is 16.5. The van der Waals surface area contributed by atoms with Crippen molar-refractivity contribution in [3.63, 3.8) is 0 Å². The van der Waals surface area contributed by atoms with Crippen LogP contribution in [0.2, 0.25) is 0 Å². The molecule has 0 bridgehead atoms. The molecule has 4 nitrogen and oxygen atoms in total. The van der Waals surface area contributed by atoms with E-state index in [2.05, 4.69) is 21.2 Å². The lowest BCUT2D eigenvalue weighted by Crippen LogP contribution is -2.38. The van der Waals surface area contributed by atoms with E-state index in [0.29, 0.717) is 6.54 Å². The van der Waals surface area contributed by atoms with Crippen LogP contribution in [0.25, 0.3) is 6.08 Å². The number of carbonyl (C=O) groups excluding carboxylic acids is 1. The van der Waals surface area contributed by atoms with Crippen LogP contribution < -0.4 is 5.32 Å². The highest BCUT2D eigenvalue weighted by atomic mass is 79.9. The van der Waals surface area contributed by atoms with Crippen LogP contribution >= 0.6 is 15.9 Å². The van der Waals surface area contributed by atoms with Crippen molar-refractivity contribution in [2.75, 3.05) is 13.2 Å². The number of urea groups is 1. The van der Waals surface area contributed by atoms with Gasteiger partial charge in [0.2, 0.25) is 0 Å². The van der Waals surface area contributed by atoms with E-state index in [1.165, 1.54) is 0 Å². The van der Waals surface area contributed by atoms with Crippen molar-refractivity contribution in [2.45, 2.75) is 6.54 Å². The Morgan fingerprint density at radius 1 is 1.13 bits per heavy atom. The van der Waals surface area contributed by atoms with Crippen molar-refractivity contribution in [1.29, 1.82) is 0 Å².